The second-order valence-electron chi connectivity index (χ2n) is 4.33. The van der Waals surface area contributed by atoms with E-state index in [-0.39, 0.29) is 5.78 Å². The predicted molar refractivity (Wildman–Crippen MR) is 77.3 cm³/mol. The molecular formula is C16H17NO3. The van der Waals surface area contributed by atoms with Crippen LogP contribution in [0.2, 0.25) is 0 Å². The molecule has 2 N–H and O–H groups in total. The summed E-state index contributed by atoms with van der Waals surface area (Å²) >= 11 is 0. The lowest BCUT2D eigenvalue weighted by Crippen LogP contribution is -2.03. The number of ketones is 1. The quantitative estimate of drug-likeness (QED) is 0.848. The van der Waals surface area contributed by atoms with Gasteiger partial charge in [0.15, 0.2) is 5.78 Å². The van der Waals surface area contributed by atoms with Crippen LogP contribution in [0.15, 0.2) is 42.5 Å². The van der Waals surface area contributed by atoms with Gasteiger partial charge < -0.3 is 15.2 Å². The van der Waals surface area contributed by atoms with Gasteiger partial charge in [0, 0.05) is 23.7 Å². The van der Waals surface area contributed by atoms with Gasteiger partial charge in [-0.05, 0) is 17.7 Å². The summed E-state index contributed by atoms with van der Waals surface area (Å²) in [6.45, 7) is 0.460. The lowest BCUT2D eigenvalue weighted by atomic mass is 10.0. The van der Waals surface area contributed by atoms with Gasteiger partial charge in [0.25, 0.3) is 0 Å². The van der Waals surface area contributed by atoms with Crippen LogP contribution in [0.5, 0.6) is 11.5 Å². The molecule has 0 fully saturated rings. The molecule has 104 valence electrons. The zero-order chi connectivity index (χ0) is 14.5. The fourth-order valence-corrected chi connectivity index (χ4v) is 1.90. The molecule has 0 heterocycles. The maximum absolute atomic E-state index is 12.4. The number of rotatable bonds is 5. The zero-order valence-corrected chi connectivity index (χ0v) is 11.6. The number of carbonyl (C=O) groups is 1. The maximum Gasteiger partial charge on any atom is 0.193 e. The van der Waals surface area contributed by atoms with Gasteiger partial charge in [0.2, 0.25) is 0 Å². The molecule has 2 aromatic carbocycles. The monoisotopic (exact) mass is 271 g/mol. The van der Waals surface area contributed by atoms with Crippen molar-refractivity contribution in [3.05, 3.63) is 59.2 Å². The number of hydrogen-bond donors (Lipinski definition) is 1. The summed E-state index contributed by atoms with van der Waals surface area (Å²) in [4.78, 5) is 12.4. The van der Waals surface area contributed by atoms with Crippen molar-refractivity contribution in [1.29, 1.82) is 0 Å². The first-order valence-corrected chi connectivity index (χ1v) is 6.24. The van der Waals surface area contributed by atoms with Crippen LogP contribution in [0.3, 0.4) is 0 Å². The molecule has 0 saturated heterocycles. The van der Waals surface area contributed by atoms with Gasteiger partial charge >= 0.3 is 0 Å². The third-order valence-corrected chi connectivity index (χ3v) is 3.07. The molecule has 0 spiro atoms. The molecule has 2 aromatic rings. The summed E-state index contributed by atoms with van der Waals surface area (Å²) in [5, 5.41) is 0. The number of nitrogens with two attached hydrogens (primary N) is 1. The first-order valence-electron chi connectivity index (χ1n) is 6.24. The molecule has 0 atom stereocenters. The first kappa shape index (κ1) is 14.1. The van der Waals surface area contributed by atoms with Gasteiger partial charge in [0.05, 0.1) is 14.2 Å². The summed E-state index contributed by atoms with van der Waals surface area (Å²) in [6, 6.07) is 12.4. The fraction of sp³-hybridized carbons (Fsp3) is 0.188. The highest BCUT2D eigenvalue weighted by molar-refractivity contribution is 6.09. The van der Waals surface area contributed by atoms with Gasteiger partial charge in [-0.25, -0.2) is 0 Å². The molecule has 2 rings (SSSR count). The maximum atomic E-state index is 12.4. The minimum absolute atomic E-state index is 0.0780. The highest BCUT2D eigenvalue weighted by Crippen LogP contribution is 2.24. The van der Waals surface area contributed by atoms with Crippen molar-refractivity contribution in [3.8, 4) is 11.5 Å². The normalized spacial score (nSPS) is 10.2. The Balaban J connectivity index is 2.36. The van der Waals surface area contributed by atoms with Crippen LogP contribution in [0.25, 0.3) is 0 Å². The Morgan fingerprint density at radius 1 is 0.950 bits per heavy atom. The molecule has 0 aromatic heterocycles. The van der Waals surface area contributed by atoms with Crippen LogP contribution in [0.4, 0.5) is 0 Å². The molecule has 0 bridgehead atoms. The van der Waals surface area contributed by atoms with Crippen LogP contribution in [-0.4, -0.2) is 20.0 Å². The molecule has 0 aliphatic rings. The van der Waals surface area contributed by atoms with Crippen molar-refractivity contribution in [3.63, 3.8) is 0 Å². The molecule has 0 aliphatic carbocycles. The van der Waals surface area contributed by atoms with Crippen molar-refractivity contribution >= 4 is 5.78 Å². The molecule has 0 amide bonds. The van der Waals surface area contributed by atoms with Gasteiger partial charge in [-0.2, -0.15) is 0 Å². The Morgan fingerprint density at radius 2 is 1.50 bits per heavy atom. The van der Waals surface area contributed by atoms with Gasteiger partial charge in [-0.3, -0.25) is 4.79 Å². The van der Waals surface area contributed by atoms with Crippen molar-refractivity contribution in [1.82, 2.24) is 0 Å². The third-order valence-electron chi connectivity index (χ3n) is 3.07. The SMILES string of the molecule is COc1cc(OC)cc(C(=O)c2ccc(CN)cc2)c1. The Morgan fingerprint density at radius 3 is 1.95 bits per heavy atom. The second-order valence-corrected chi connectivity index (χ2v) is 4.33. The molecular weight excluding hydrogens is 254 g/mol. The fourth-order valence-electron chi connectivity index (χ4n) is 1.90. The summed E-state index contributed by atoms with van der Waals surface area (Å²) in [5.74, 6) is 1.10. The van der Waals surface area contributed by atoms with Gasteiger partial charge in [0.1, 0.15) is 11.5 Å². The molecule has 0 unspecified atom stereocenters. The number of benzene rings is 2. The number of methoxy groups -OCH3 is 2. The van der Waals surface area contributed by atoms with E-state index in [1.165, 1.54) is 0 Å². The van der Waals surface area contributed by atoms with E-state index >= 15 is 0 Å². The average molecular weight is 271 g/mol. The minimum atomic E-state index is -0.0780. The highest BCUT2D eigenvalue weighted by Gasteiger charge is 2.12. The van der Waals surface area contributed by atoms with Crippen molar-refractivity contribution in [2.45, 2.75) is 6.54 Å². The molecule has 0 saturated carbocycles. The minimum Gasteiger partial charge on any atom is -0.497 e. The Bertz CT molecular complexity index is 583. The van der Waals surface area contributed by atoms with Crippen LogP contribution in [0.1, 0.15) is 21.5 Å². The van der Waals surface area contributed by atoms with E-state index in [1.54, 1.807) is 44.6 Å². The Kier molecular flexibility index (Phi) is 4.38. The third kappa shape index (κ3) is 2.97. The largest absolute Gasteiger partial charge is 0.497 e. The summed E-state index contributed by atoms with van der Waals surface area (Å²) in [7, 11) is 3.11. The Labute approximate surface area is 118 Å². The van der Waals surface area contributed by atoms with E-state index in [9.17, 15) is 4.79 Å². The lowest BCUT2D eigenvalue weighted by molar-refractivity contribution is 0.103. The van der Waals surface area contributed by atoms with E-state index in [1.807, 2.05) is 12.1 Å². The van der Waals surface area contributed by atoms with Crippen LogP contribution < -0.4 is 15.2 Å². The van der Waals surface area contributed by atoms with E-state index in [0.29, 0.717) is 29.2 Å². The lowest BCUT2D eigenvalue weighted by Gasteiger charge is -2.08. The first-order chi connectivity index (χ1) is 9.67. The Hall–Kier alpha value is -2.33. The zero-order valence-electron chi connectivity index (χ0n) is 11.6. The molecule has 4 nitrogen and oxygen atoms in total. The van der Waals surface area contributed by atoms with Crippen LogP contribution in [0, 0.1) is 0 Å². The van der Waals surface area contributed by atoms with Crippen molar-refractivity contribution in [2.75, 3.05) is 14.2 Å². The highest BCUT2D eigenvalue weighted by atomic mass is 16.5. The molecule has 0 radical (unpaired) electrons. The summed E-state index contributed by atoms with van der Waals surface area (Å²) in [5.41, 5.74) is 7.67. The summed E-state index contributed by atoms with van der Waals surface area (Å²) < 4.78 is 10.3. The standard InChI is InChI=1S/C16H17NO3/c1-19-14-7-13(8-15(9-14)20-2)16(18)12-5-3-11(10-17)4-6-12/h3-9H,10,17H2,1-2H3. The molecule has 20 heavy (non-hydrogen) atoms. The molecule has 4 heteroatoms. The van der Waals surface area contributed by atoms with Crippen LogP contribution in [-0.2, 0) is 6.54 Å². The van der Waals surface area contributed by atoms with E-state index in [0.717, 1.165) is 5.56 Å². The number of ether oxygens (including phenoxy) is 2. The predicted octanol–water partition coefficient (Wildman–Crippen LogP) is 2.39. The van der Waals surface area contributed by atoms with Gasteiger partial charge in [-0.15, -0.1) is 0 Å². The number of hydrogen-bond acceptors (Lipinski definition) is 4. The van der Waals surface area contributed by atoms with E-state index < -0.39 is 0 Å². The smallest absolute Gasteiger partial charge is 0.193 e. The van der Waals surface area contributed by atoms with E-state index in [2.05, 4.69) is 0 Å². The topological polar surface area (TPSA) is 61.5 Å². The van der Waals surface area contributed by atoms with Gasteiger partial charge in [-0.1, -0.05) is 24.3 Å². The van der Waals surface area contributed by atoms with Crippen LogP contribution >= 0.6 is 0 Å². The van der Waals surface area contributed by atoms with Crippen molar-refractivity contribution < 1.29 is 14.3 Å². The summed E-state index contributed by atoms with van der Waals surface area (Å²) in [6.07, 6.45) is 0. The van der Waals surface area contributed by atoms with Crippen molar-refractivity contribution in [2.24, 2.45) is 5.73 Å². The average Bonchev–Trinajstić information content (AvgIpc) is 2.53. The second kappa shape index (κ2) is 6.21. The molecule has 0 aliphatic heterocycles. The van der Waals surface area contributed by atoms with E-state index in [4.69, 9.17) is 15.2 Å². The number of carbonyl (C=O) groups excluding carboxylic acids is 1.